The largest absolute Gasteiger partial charge is 0.378 e. The summed E-state index contributed by atoms with van der Waals surface area (Å²) in [6, 6.07) is 1.36. The van der Waals surface area contributed by atoms with Gasteiger partial charge in [0.2, 0.25) is 0 Å². The van der Waals surface area contributed by atoms with E-state index in [1.807, 2.05) is 0 Å². The van der Waals surface area contributed by atoms with E-state index in [2.05, 4.69) is 44.8 Å². The summed E-state index contributed by atoms with van der Waals surface area (Å²) in [5.74, 6) is 0.721. The Labute approximate surface area is 112 Å². The molecule has 1 N–H and O–H groups in total. The highest BCUT2D eigenvalue weighted by Crippen LogP contribution is 2.46. The van der Waals surface area contributed by atoms with Gasteiger partial charge in [-0.2, -0.15) is 0 Å². The van der Waals surface area contributed by atoms with Crippen LogP contribution in [0.15, 0.2) is 0 Å². The van der Waals surface area contributed by atoms with Crippen molar-refractivity contribution in [2.45, 2.75) is 59.2 Å². The van der Waals surface area contributed by atoms with Gasteiger partial charge in [-0.3, -0.25) is 4.90 Å². The lowest BCUT2D eigenvalue weighted by Gasteiger charge is -2.57. The van der Waals surface area contributed by atoms with Gasteiger partial charge in [-0.1, -0.05) is 27.7 Å². The van der Waals surface area contributed by atoms with E-state index >= 15 is 0 Å². The molecule has 1 aliphatic carbocycles. The summed E-state index contributed by atoms with van der Waals surface area (Å²) in [6.45, 7) is 15.8. The number of rotatable bonds is 4. The maximum absolute atomic E-state index is 5.85. The lowest BCUT2D eigenvalue weighted by atomic mass is 9.63. The molecule has 18 heavy (non-hydrogen) atoms. The summed E-state index contributed by atoms with van der Waals surface area (Å²) in [4.78, 5) is 2.69. The van der Waals surface area contributed by atoms with E-state index in [1.165, 1.54) is 19.5 Å². The van der Waals surface area contributed by atoms with Crippen LogP contribution in [0.3, 0.4) is 0 Å². The number of ether oxygens (including phenoxy) is 1. The van der Waals surface area contributed by atoms with Crippen LogP contribution in [-0.2, 0) is 4.74 Å². The summed E-state index contributed by atoms with van der Waals surface area (Å²) in [6.07, 6.45) is 1.67. The van der Waals surface area contributed by atoms with E-state index < -0.39 is 0 Å². The predicted octanol–water partition coefficient (Wildman–Crippen LogP) is 2.12. The number of nitrogens with one attached hydrogen (secondary N) is 1. The highest BCUT2D eigenvalue weighted by atomic mass is 16.5. The molecule has 1 aliphatic heterocycles. The van der Waals surface area contributed by atoms with Crippen LogP contribution >= 0.6 is 0 Å². The topological polar surface area (TPSA) is 24.5 Å². The molecule has 1 saturated carbocycles. The number of piperazine rings is 1. The minimum Gasteiger partial charge on any atom is -0.378 e. The summed E-state index contributed by atoms with van der Waals surface area (Å²) in [5, 5.41) is 3.64. The van der Waals surface area contributed by atoms with E-state index in [1.54, 1.807) is 0 Å². The third-order valence-electron chi connectivity index (χ3n) is 4.98. The normalized spacial score (nSPS) is 36.7. The fourth-order valence-corrected chi connectivity index (χ4v) is 3.50. The Morgan fingerprint density at radius 1 is 1.39 bits per heavy atom. The Hall–Kier alpha value is -0.120. The second-order valence-electron chi connectivity index (χ2n) is 6.82. The molecule has 3 unspecified atom stereocenters. The molecule has 3 heteroatoms. The van der Waals surface area contributed by atoms with Gasteiger partial charge in [0, 0.05) is 43.7 Å². The summed E-state index contributed by atoms with van der Waals surface area (Å²) in [7, 11) is 0. The van der Waals surface area contributed by atoms with Crippen LogP contribution in [0.2, 0.25) is 0 Å². The summed E-state index contributed by atoms with van der Waals surface area (Å²) < 4.78 is 5.85. The average Bonchev–Trinajstić information content (AvgIpc) is 2.34. The first kappa shape index (κ1) is 14.3. The van der Waals surface area contributed by atoms with Gasteiger partial charge in [0.25, 0.3) is 0 Å². The molecule has 0 amide bonds. The molecule has 0 aromatic rings. The minimum absolute atomic E-state index is 0.314. The van der Waals surface area contributed by atoms with Crippen LogP contribution in [0.4, 0.5) is 0 Å². The summed E-state index contributed by atoms with van der Waals surface area (Å²) in [5.41, 5.74) is 0.314. The molecule has 0 aromatic carbocycles. The van der Waals surface area contributed by atoms with Crippen LogP contribution in [0.5, 0.6) is 0 Å². The zero-order chi connectivity index (χ0) is 13.3. The molecule has 2 fully saturated rings. The molecular weight excluding hydrogens is 224 g/mol. The molecule has 2 rings (SSSR count). The van der Waals surface area contributed by atoms with Gasteiger partial charge in [-0.15, -0.1) is 0 Å². The van der Waals surface area contributed by atoms with E-state index in [-0.39, 0.29) is 0 Å². The maximum atomic E-state index is 5.85. The second-order valence-corrected chi connectivity index (χ2v) is 6.82. The minimum atomic E-state index is 0.314. The Kier molecular flexibility index (Phi) is 4.35. The molecule has 3 atom stereocenters. The van der Waals surface area contributed by atoms with Gasteiger partial charge < -0.3 is 10.1 Å². The van der Waals surface area contributed by atoms with Gasteiger partial charge >= 0.3 is 0 Å². The van der Waals surface area contributed by atoms with Crippen molar-refractivity contribution in [1.29, 1.82) is 0 Å². The van der Waals surface area contributed by atoms with Crippen LogP contribution < -0.4 is 5.32 Å². The molecule has 106 valence electrons. The molecular formula is C15H30N2O. The highest BCUT2D eigenvalue weighted by Gasteiger charge is 2.51. The second kappa shape index (κ2) is 5.48. The van der Waals surface area contributed by atoms with E-state index in [0.29, 0.717) is 23.6 Å². The van der Waals surface area contributed by atoms with Crippen molar-refractivity contribution >= 4 is 0 Å². The van der Waals surface area contributed by atoms with Crippen molar-refractivity contribution < 1.29 is 4.74 Å². The van der Waals surface area contributed by atoms with E-state index in [0.717, 1.165) is 19.1 Å². The van der Waals surface area contributed by atoms with Crippen LogP contribution in [0.1, 0.15) is 41.0 Å². The fraction of sp³-hybridized carbons (Fsp3) is 1.00. The predicted molar refractivity (Wildman–Crippen MR) is 75.8 cm³/mol. The molecule has 0 radical (unpaired) electrons. The summed E-state index contributed by atoms with van der Waals surface area (Å²) >= 11 is 0. The maximum Gasteiger partial charge on any atom is 0.0655 e. The number of hydrogen-bond donors (Lipinski definition) is 1. The van der Waals surface area contributed by atoms with Crippen molar-refractivity contribution in [1.82, 2.24) is 10.2 Å². The molecule has 1 saturated heterocycles. The first-order valence-electron chi connectivity index (χ1n) is 7.55. The van der Waals surface area contributed by atoms with Crippen molar-refractivity contribution in [3.63, 3.8) is 0 Å². The zero-order valence-electron chi connectivity index (χ0n) is 12.7. The number of nitrogens with zero attached hydrogens (tertiary/aromatic N) is 1. The van der Waals surface area contributed by atoms with Gasteiger partial charge in [0.1, 0.15) is 0 Å². The fourth-order valence-electron chi connectivity index (χ4n) is 3.50. The zero-order valence-corrected chi connectivity index (χ0v) is 12.7. The quantitative estimate of drug-likeness (QED) is 0.832. The molecule has 3 nitrogen and oxygen atoms in total. The van der Waals surface area contributed by atoms with Gasteiger partial charge in [-0.05, 0) is 19.3 Å². The van der Waals surface area contributed by atoms with Crippen molar-refractivity contribution in [3.8, 4) is 0 Å². The van der Waals surface area contributed by atoms with Crippen molar-refractivity contribution in [2.75, 3.05) is 26.2 Å². The van der Waals surface area contributed by atoms with Crippen LogP contribution in [-0.4, -0.2) is 49.3 Å². The smallest absolute Gasteiger partial charge is 0.0655 e. The lowest BCUT2D eigenvalue weighted by molar-refractivity contribution is -0.154. The Balaban J connectivity index is 1.93. The van der Waals surface area contributed by atoms with Crippen LogP contribution in [0, 0.1) is 11.3 Å². The third kappa shape index (κ3) is 2.59. The van der Waals surface area contributed by atoms with Gasteiger partial charge in [-0.25, -0.2) is 0 Å². The lowest BCUT2D eigenvalue weighted by Crippen LogP contribution is -2.66. The third-order valence-corrected chi connectivity index (χ3v) is 4.98. The first-order valence-corrected chi connectivity index (χ1v) is 7.55. The van der Waals surface area contributed by atoms with E-state index in [9.17, 15) is 0 Å². The van der Waals surface area contributed by atoms with Gasteiger partial charge in [0.15, 0.2) is 0 Å². The highest BCUT2D eigenvalue weighted by molar-refractivity contribution is 5.05. The van der Waals surface area contributed by atoms with Crippen LogP contribution in [0.25, 0.3) is 0 Å². The molecule has 0 spiro atoms. The van der Waals surface area contributed by atoms with E-state index in [4.69, 9.17) is 4.74 Å². The van der Waals surface area contributed by atoms with Gasteiger partial charge in [0.05, 0.1) is 6.10 Å². The molecule has 1 heterocycles. The average molecular weight is 254 g/mol. The Morgan fingerprint density at radius 3 is 2.67 bits per heavy atom. The standard InChI is InChI=1S/C15H30N2O/c1-6-18-14-9-13(15(14,4)5)17-8-7-16-12(10-17)11(2)3/h11-14,16H,6-10H2,1-5H3. The number of hydrogen-bond acceptors (Lipinski definition) is 3. The van der Waals surface area contributed by atoms with Crippen molar-refractivity contribution in [2.24, 2.45) is 11.3 Å². The first-order chi connectivity index (χ1) is 8.46. The Morgan fingerprint density at radius 2 is 2.11 bits per heavy atom. The monoisotopic (exact) mass is 254 g/mol. The van der Waals surface area contributed by atoms with Crippen molar-refractivity contribution in [3.05, 3.63) is 0 Å². The molecule has 0 aromatic heterocycles. The molecule has 0 bridgehead atoms. The molecule has 2 aliphatic rings. The Bertz CT molecular complexity index is 278. The SMILES string of the molecule is CCOC1CC(N2CCNC(C(C)C)C2)C1(C)C.